The molecular weight excluding hydrogens is 359 g/mol. The van der Waals surface area contributed by atoms with Gasteiger partial charge < -0.3 is 5.73 Å². The van der Waals surface area contributed by atoms with E-state index < -0.39 is 5.78 Å². The number of carbonyl (C=O) groups excluding carboxylic acids is 1. The molecule has 0 amide bonds. The highest BCUT2D eigenvalue weighted by molar-refractivity contribution is 6.36. The maximum Gasteiger partial charge on any atom is 0.230 e. The molecule has 1 heterocycles. The number of nitrogens with two attached hydrogens (primary N) is 1. The number of aromatic nitrogens is 2. The molecule has 0 aliphatic carbocycles. The Balaban J connectivity index is 2.20. The molecule has 0 unspecified atom stereocenters. The van der Waals surface area contributed by atoms with E-state index in [0.717, 1.165) is 0 Å². The molecule has 0 saturated heterocycles. The van der Waals surface area contributed by atoms with Crippen molar-refractivity contribution in [3.63, 3.8) is 0 Å². The van der Waals surface area contributed by atoms with Gasteiger partial charge in [0.05, 0.1) is 10.7 Å². The molecule has 2 N–H and O–H groups in total. The Morgan fingerprint density at radius 3 is 2.44 bits per heavy atom. The van der Waals surface area contributed by atoms with Crippen molar-refractivity contribution in [1.29, 1.82) is 5.26 Å². The van der Waals surface area contributed by atoms with Gasteiger partial charge in [-0.05, 0) is 18.2 Å². The molecule has 0 atom stereocenters. The Bertz CT molecular complexity index is 1010. The van der Waals surface area contributed by atoms with Gasteiger partial charge in [0, 0.05) is 16.1 Å². The van der Waals surface area contributed by atoms with E-state index in [1.165, 1.54) is 6.07 Å². The second-order valence-electron chi connectivity index (χ2n) is 5.09. The molecule has 0 saturated carbocycles. The van der Waals surface area contributed by atoms with Gasteiger partial charge in [0.2, 0.25) is 11.6 Å². The number of carbonyl (C=O) groups is 1. The first kappa shape index (κ1) is 16.9. The highest BCUT2D eigenvalue weighted by Gasteiger charge is 2.20. The lowest BCUT2D eigenvalue weighted by Crippen LogP contribution is -2.12. The van der Waals surface area contributed by atoms with E-state index >= 15 is 0 Å². The highest BCUT2D eigenvalue weighted by Crippen LogP contribution is 2.32. The van der Waals surface area contributed by atoms with Crippen molar-refractivity contribution in [3.05, 3.63) is 75.5 Å². The zero-order chi connectivity index (χ0) is 18.0. The third-order valence-electron chi connectivity index (χ3n) is 3.47. The van der Waals surface area contributed by atoms with E-state index in [1.54, 1.807) is 42.5 Å². The maximum atomic E-state index is 12.6. The van der Waals surface area contributed by atoms with Crippen molar-refractivity contribution in [2.75, 3.05) is 5.73 Å². The highest BCUT2D eigenvalue weighted by atomic mass is 35.5. The van der Waals surface area contributed by atoms with Crippen LogP contribution in [0.2, 0.25) is 10.0 Å². The topological polar surface area (TPSA) is 92.7 Å². The summed E-state index contributed by atoms with van der Waals surface area (Å²) in [6.45, 7) is 0. The van der Waals surface area contributed by atoms with Crippen LogP contribution < -0.4 is 5.73 Å². The summed E-state index contributed by atoms with van der Waals surface area (Å²) < 4.78 is 0. The molecule has 7 heteroatoms. The average molecular weight is 369 g/mol. The maximum absolute atomic E-state index is 12.6. The Hall–Kier alpha value is -2.94. The van der Waals surface area contributed by atoms with Crippen LogP contribution in [0.15, 0.2) is 48.5 Å². The Labute approximate surface area is 153 Å². The molecule has 1 aromatic heterocycles. The lowest BCUT2D eigenvalue weighted by Gasteiger charge is -2.10. The van der Waals surface area contributed by atoms with E-state index in [2.05, 4.69) is 9.97 Å². The predicted octanol–water partition coefficient (Wildman–Crippen LogP) is 4.14. The molecule has 122 valence electrons. The van der Waals surface area contributed by atoms with Crippen LogP contribution in [0.1, 0.15) is 21.7 Å². The molecule has 0 fully saturated rings. The number of hydrogen-bond acceptors (Lipinski definition) is 5. The molecule has 5 nitrogen and oxygen atoms in total. The first-order valence-electron chi connectivity index (χ1n) is 7.14. The van der Waals surface area contributed by atoms with Crippen molar-refractivity contribution < 1.29 is 4.79 Å². The van der Waals surface area contributed by atoms with Gasteiger partial charge in [0.1, 0.15) is 17.5 Å². The van der Waals surface area contributed by atoms with Gasteiger partial charge in [-0.2, -0.15) is 5.26 Å². The van der Waals surface area contributed by atoms with Gasteiger partial charge in [-0.3, -0.25) is 4.79 Å². The quantitative estimate of drug-likeness (QED) is 0.701. The Morgan fingerprint density at radius 2 is 1.80 bits per heavy atom. The zero-order valence-electron chi connectivity index (χ0n) is 12.7. The van der Waals surface area contributed by atoms with Crippen LogP contribution in [-0.2, 0) is 0 Å². The fraction of sp³-hybridized carbons (Fsp3) is 0. The van der Waals surface area contributed by atoms with Crippen molar-refractivity contribution in [2.45, 2.75) is 0 Å². The van der Waals surface area contributed by atoms with E-state index in [1.807, 2.05) is 6.07 Å². The molecule has 0 bridgehead atoms. The second kappa shape index (κ2) is 6.89. The van der Waals surface area contributed by atoms with Gasteiger partial charge in [0.25, 0.3) is 0 Å². The van der Waals surface area contributed by atoms with Crippen LogP contribution in [0, 0.1) is 11.3 Å². The molecule has 3 aromatic rings. The average Bonchev–Trinajstić information content (AvgIpc) is 2.61. The molecule has 2 aromatic carbocycles. The zero-order valence-corrected chi connectivity index (χ0v) is 14.2. The van der Waals surface area contributed by atoms with Gasteiger partial charge >= 0.3 is 0 Å². The minimum Gasteiger partial charge on any atom is -0.382 e. The number of anilines is 1. The number of halogens is 2. The summed E-state index contributed by atoms with van der Waals surface area (Å²) in [5.74, 6) is -0.593. The smallest absolute Gasteiger partial charge is 0.230 e. The van der Waals surface area contributed by atoms with E-state index in [-0.39, 0.29) is 22.9 Å². The van der Waals surface area contributed by atoms with Crippen molar-refractivity contribution in [3.8, 4) is 17.3 Å². The number of rotatable bonds is 3. The molecule has 3 rings (SSSR count). The lowest BCUT2D eigenvalue weighted by molar-refractivity contribution is 0.102. The van der Waals surface area contributed by atoms with Gasteiger partial charge in [0.15, 0.2) is 0 Å². The van der Waals surface area contributed by atoms with E-state index in [4.69, 9.17) is 28.9 Å². The summed E-state index contributed by atoms with van der Waals surface area (Å²) in [5, 5.41) is 10.1. The van der Waals surface area contributed by atoms with Crippen LogP contribution in [0.3, 0.4) is 0 Å². The molecule has 0 aliphatic rings. The summed E-state index contributed by atoms with van der Waals surface area (Å²) in [6, 6.07) is 15.3. The monoisotopic (exact) mass is 368 g/mol. The summed E-state index contributed by atoms with van der Waals surface area (Å²) in [4.78, 5) is 20.8. The normalized spacial score (nSPS) is 10.3. The van der Waals surface area contributed by atoms with Crippen molar-refractivity contribution >= 4 is 34.8 Å². The number of nitrogen functional groups attached to an aromatic ring is 1. The third kappa shape index (κ3) is 3.31. The predicted molar refractivity (Wildman–Crippen MR) is 96.5 cm³/mol. The third-order valence-corrected chi connectivity index (χ3v) is 4.02. The van der Waals surface area contributed by atoms with Crippen LogP contribution >= 0.6 is 23.2 Å². The number of ketones is 1. The van der Waals surface area contributed by atoms with Gasteiger partial charge in [-0.25, -0.2) is 9.97 Å². The van der Waals surface area contributed by atoms with Crippen LogP contribution in [0.4, 0.5) is 5.82 Å². The molecule has 0 aliphatic heterocycles. The first-order valence-corrected chi connectivity index (χ1v) is 7.89. The fourth-order valence-corrected chi connectivity index (χ4v) is 2.78. The minimum atomic E-state index is -0.400. The molecule has 0 radical (unpaired) electrons. The molecular formula is C18H10Cl2N4O. The minimum absolute atomic E-state index is 0.0498. The standard InChI is InChI=1S/C18H10Cl2N4O/c19-11-6-7-12(14(20)8-11)15-13(9-21)17(22)24-18(23-15)16(25)10-4-2-1-3-5-10/h1-8H,(H2,22,23,24). The fourth-order valence-electron chi connectivity index (χ4n) is 2.28. The largest absolute Gasteiger partial charge is 0.382 e. The summed E-state index contributed by atoms with van der Waals surface area (Å²) in [6.07, 6.45) is 0. The Kier molecular flexibility index (Phi) is 4.66. The van der Waals surface area contributed by atoms with Crippen molar-refractivity contribution in [1.82, 2.24) is 9.97 Å². The molecule has 25 heavy (non-hydrogen) atoms. The SMILES string of the molecule is N#Cc1c(N)nc(C(=O)c2ccccc2)nc1-c1ccc(Cl)cc1Cl. The summed E-state index contributed by atoms with van der Waals surface area (Å²) in [7, 11) is 0. The van der Waals surface area contributed by atoms with Crippen LogP contribution in [-0.4, -0.2) is 15.8 Å². The van der Waals surface area contributed by atoms with Gasteiger partial charge in [-0.1, -0.05) is 53.5 Å². The number of hydrogen-bond donors (Lipinski definition) is 1. The summed E-state index contributed by atoms with van der Waals surface area (Å²) in [5.41, 5.74) is 6.97. The second-order valence-corrected chi connectivity index (χ2v) is 5.93. The number of nitrogens with zero attached hydrogens (tertiary/aromatic N) is 3. The summed E-state index contributed by atoms with van der Waals surface area (Å²) >= 11 is 12.1. The lowest BCUT2D eigenvalue weighted by atomic mass is 10.1. The number of nitriles is 1. The van der Waals surface area contributed by atoms with E-state index in [0.29, 0.717) is 21.2 Å². The first-order chi connectivity index (χ1) is 12.0. The van der Waals surface area contributed by atoms with Crippen molar-refractivity contribution in [2.24, 2.45) is 0 Å². The van der Waals surface area contributed by atoms with Crippen LogP contribution in [0.25, 0.3) is 11.3 Å². The Morgan fingerprint density at radius 1 is 1.08 bits per heavy atom. The number of benzene rings is 2. The van der Waals surface area contributed by atoms with Gasteiger partial charge in [-0.15, -0.1) is 0 Å². The van der Waals surface area contributed by atoms with Crippen LogP contribution in [0.5, 0.6) is 0 Å². The molecule has 0 spiro atoms. The van der Waals surface area contributed by atoms with E-state index in [9.17, 15) is 10.1 Å².